The maximum absolute atomic E-state index is 12.1. The molecule has 0 saturated heterocycles. The number of allylic oxidation sites excluding steroid dienone is 8. The summed E-state index contributed by atoms with van der Waals surface area (Å²) in [4.78, 5) is 27.9. The molecule has 1 heterocycles. The lowest BCUT2D eigenvalue weighted by atomic mass is 9.95. The quantitative estimate of drug-likeness (QED) is 0.842. The van der Waals surface area contributed by atoms with Crippen LogP contribution in [0.5, 0.6) is 0 Å². The number of pyridine rings is 1. The summed E-state index contributed by atoms with van der Waals surface area (Å²) in [6, 6.07) is 1.69. The van der Waals surface area contributed by atoms with Gasteiger partial charge in [0.15, 0.2) is 6.29 Å². The van der Waals surface area contributed by atoms with Gasteiger partial charge in [-0.2, -0.15) is 0 Å². The summed E-state index contributed by atoms with van der Waals surface area (Å²) in [6.45, 7) is 7.47. The molecule has 1 aliphatic carbocycles. The summed E-state index contributed by atoms with van der Waals surface area (Å²) in [6.07, 6.45) is 14.0. The minimum atomic E-state index is -0.543. The molecule has 0 unspecified atom stereocenters. The fourth-order valence-corrected chi connectivity index (χ4v) is 2.03. The molecule has 0 aromatic carbocycles. The first-order valence-corrected chi connectivity index (χ1v) is 7.81. The van der Waals surface area contributed by atoms with Crippen molar-refractivity contribution in [2.45, 2.75) is 27.7 Å². The number of rotatable bonds is 3. The van der Waals surface area contributed by atoms with E-state index in [4.69, 9.17) is 0 Å². The van der Waals surface area contributed by atoms with E-state index < -0.39 is 5.41 Å². The van der Waals surface area contributed by atoms with Crippen LogP contribution in [0.15, 0.2) is 54.3 Å². The molecule has 0 aliphatic heterocycles. The van der Waals surface area contributed by atoms with Gasteiger partial charge in [-0.25, -0.2) is 0 Å². The largest absolute Gasteiger partial charge is 0.324 e. The fraction of sp³-hybridized carbons (Fsp3) is 0.250. The average Bonchev–Trinajstić information content (AvgIpc) is 2.50. The Hall–Kier alpha value is -2.75. The summed E-state index contributed by atoms with van der Waals surface area (Å²) < 4.78 is 0. The molecule has 0 bridgehead atoms. The van der Waals surface area contributed by atoms with Crippen LogP contribution in [0.25, 0.3) is 5.57 Å². The van der Waals surface area contributed by atoms with Crippen molar-refractivity contribution in [2.24, 2.45) is 5.41 Å². The Bertz CT molecular complexity index is 775. The predicted molar refractivity (Wildman–Crippen MR) is 97.7 cm³/mol. The van der Waals surface area contributed by atoms with E-state index in [1.807, 2.05) is 64.2 Å². The minimum Gasteiger partial charge on any atom is -0.324 e. The van der Waals surface area contributed by atoms with Crippen LogP contribution < -0.4 is 5.32 Å². The van der Waals surface area contributed by atoms with E-state index in [9.17, 15) is 9.59 Å². The van der Waals surface area contributed by atoms with Crippen LogP contribution in [-0.4, -0.2) is 17.2 Å². The highest BCUT2D eigenvalue weighted by Crippen LogP contribution is 2.23. The van der Waals surface area contributed by atoms with Crippen LogP contribution in [0.1, 0.15) is 43.7 Å². The molecule has 1 amide bonds. The predicted octanol–water partition coefficient (Wildman–Crippen LogP) is 4.33. The maximum atomic E-state index is 12.1. The molecule has 1 N–H and O–H groups in total. The Kier molecular flexibility index (Phi) is 5.29. The van der Waals surface area contributed by atoms with E-state index >= 15 is 0 Å². The van der Waals surface area contributed by atoms with E-state index in [1.165, 1.54) is 6.20 Å². The molecule has 1 aromatic rings. The molecular formula is C20H22N2O2. The van der Waals surface area contributed by atoms with Gasteiger partial charge < -0.3 is 5.32 Å². The molecule has 24 heavy (non-hydrogen) atoms. The number of carbonyl (C=O) groups is 2. The third-order valence-electron chi connectivity index (χ3n) is 3.56. The van der Waals surface area contributed by atoms with E-state index in [-0.39, 0.29) is 5.91 Å². The summed E-state index contributed by atoms with van der Waals surface area (Å²) in [5, 5.41) is 2.77. The van der Waals surface area contributed by atoms with Crippen LogP contribution in [0.3, 0.4) is 0 Å². The van der Waals surface area contributed by atoms with E-state index in [1.54, 1.807) is 6.07 Å². The SMILES string of the molecule is CC1=CC=CC(c2cc(C=O)c(NC(=O)C(C)(C)C)cn2)=CC=C1. The highest BCUT2D eigenvalue weighted by Gasteiger charge is 2.22. The Morgan fingerprint density at radius 1 is 1.17 bits per heavy atom. The average molecular weight is 322 g/mol. The first-order chi connectivity index (χ1) is 11.3. The van der Waals surface area contributed by atoms with Gasteiger partial charge in [-0.15, -0.1) is 0 Å². The zero-order valence-corrected chi connectivity index (χ0v) is 14.5. The molecule has 1 aromatic heterocycles. The standard InChI is InChI=1S/C20H22N2O2/c1-14-7-5-9-15(10-6-8-14)17-11-16(13-23)18(12-21-17)22-19(24)20(2,3)4/h5-13H,1-4H3,(H,22,24). The Labute approximate surface area is 142 Å². The number of nitrogens with one attached hydrogen (secondary N) is 1. The first-order valence-electron chi connectivity index (χ1n) is 7.81. The number of amides is 1. The third kappa shape index (κ3) is 4.38. The van der Waals surface area contributed by atoms with Gasteiger partial charge in [-0.1, -0.05) is 62.8 Å². The van der Waals surface area contributed by atoms with Gasteiger partial charge in [0.2, 0.25) is 5.91 Å². The van der Waals surface area contributed by atoms with Crippen LogP contribution in [-0.2, 0) is 4.79 Å². The summed E-state index contributed by atoms with van der Waals surface area (Å²) in [5.41, 5.74) is 3.02. The van der Waals surface area contributed by atoms with Crippen molar-refractivity contribution in [2.75, 3.05) is 5.32 Å². The van der Waals surface area contributed by atoms with E-state index in [0.717, 1.165) is 17.4 Å². The summed E-state index contributed by atoms with van der Waals surface area (Å²) in [7, 11) is 0. The van der Waals surface area contributed by atoms with Gasteiger partial charge in [-0.05, 0) is 13.0 Å². The highest BCUT2D eigenvalue weighted by molar-refractivity contribution is 5.99. The topological polar surface area (TPSA) is 59.1 Å². The minimum absolute atomic E-state index is 0.159. The van der Waals surface area contributed by atoms with Crippen molar-refractivity contribution in [3.63, 3.8) is 0 Å². The normalized spacial score (nSPS) is 14.3. The Balaban J connectivity index is 2.33. The molecule has 0 spiro atoms. The zero-order valence-electron chi connectivity index (χ0n) is 14.5. The number of aromatic nitrogens is 1. The fourth-order valence-electron chi connectivity index (χ4n) is 2.03. The zero-order chi connectivity index (χ0) is 17.7. The van der Waals surface area contributed by atoms with Crippen LogP contribution in [0.4, 0.5) is 5.69 Å². The van der Waals surface area contributed by atoms with E-state index in [0.29, 0.717) is 16.9 Å². The van der Waals surface area contributed by atoms with Gasteiger partial charge in [0.05, 0.1) is 17.6 Å². The van der Waals surface area contributed by atoms with Gasteiger partial charge in [0.25, 0.3) is 0 Å². The first kappa shape index (κ1) is 17.6. The number of carbonyl (C=O) groups excluding carboxylic acids is 2. The second-order valence-electron chi connectivity index (χ2n) is 6.73. The van der Waals surface area contributed by atoms with Crippen molar-refractivity contribution >= 4 is 23.5 Å². The number of hydrogen-bond donors (Lipinski definition) is 1. The van der Waals surface area contributed by atoms with Crippen molar-refractivity contribution in [1.82, 2.24) is 4.98 Å². The van der Waals surface area contributed by atoms with Crippen LogP contribution in [0.2, 0.25) is 0 Å². The van der Waals surface area contributed by atoms with Gasteiger partial charge in [0.1, 0.15) is 0 Å². The lowest BCUT2D eigenvalue weighted by molar-refractivity contribution is -0.123. The Morgan fingerprint density at radius 3 is 2.54 bits per heavy atom. The third-order valence-corrected chi connectivity index (χ3v) is 3.56. The second kappa shape index (κ2) is 7.21. The van der Waals surface area contributed by atoms with Crippen LogP contribution in [0, 0.1) is 5.41 Å². The lowest BCUT2D eigenvalue weighted by Gasteiger charge is -2.18. The van der Waals surface area contributed by atoms with Crippen molar-refractivity contribution in [1.29, 1.82) is 0 Å². The number of hydrogen-bond acceptors (Lipinski definition) is 3. The smallest absolute Gasteiger partial charge is 0.229 e. The second-order valence-corrected chi connectivity index (χ2v) is 6.73. The number of aldehydes is 1. The van der Waals surface area contributed by atoms with Gasteiger partial charge in [0, 0.05) is 16.6 Å². The molecule has 4 nitrogen and oxygen atoms in total. The number of anilines is 1. The van der Waals surface area contributed by atoms with Crippen molar-refractivity contribution in [3.8, 4) is 0 Å². The Morgan fingerprint density at radius 2 is 1.88 bits per heavy atom. The maximum Gasteiger partial charge on any atom is 0.229 e. The van der Waals surface area contributed by atoms with Crippen LogP contribution >= 0.6 is 0 Å². The van der Waals surface area contributed by atoms with Crippen molar-refractivity contribution < 1.29 is 9.59 Å². The molecule has 1 aliphatic rings. The molecule has 124 valence electrons. The highest BCUT2D eigenvalue weighted by atomic mass is 16.2. The molecule has 0 saturated carbocycles. The monoisotopic (exact) mass is 322 g/mol. The number of nitrogens with zero attached hydrogens (tertiary/aromatic N) is 1. The molecule has 0 fully saturated rings. The summed E-state index contributed by atoms with van der Waals surface area (Å²) in [5.74, 6) is -0.159. The molecular weight excluding hydrogens is 300 g/mol. The molecule has 0 atom stereocenters. The van der Waals surface area contributed by atoms with E-state index in [2.05, 4.69) is 10.3 Å². The lowest BCUT2D eigenvalue weighted by Crippen LogP contribution is -2.28. The van der Waals surface area contributed by atoms with Crippen molar-refractivity contribution in [3.05, 3.63) is 65.5 Å². The molecule has 2 rings (SSSR count). The summed E-state index contributed by atoms with van der Waals surface area (Å²) >= 11 is 0. The van der Waals surface area contributed by atoms with Gasteiger partial charge in [-0.3, -0.25) is 14.6 Å². The van der Waals surface area contributed by atoms with Gasteiger partial charge >= 0.3 is 0 Å². The molecule has 4 heteroatoms. The molecule has 0 radical (unpaired) electrons.